The van der Waals surface area contributed by atoms with Crippen LogP contribution in [-0.2, 0) is 12.3 Å². The molecule has 0 amide bonds. The van der Waals surface area contributed by atoms with E-state index >= 15 is 0 Å². The Kier molecular flexibility index (Phi) is 2.82. The highest BCUT2D eigenvalue weighted by Gasteiger charge is 2.05. The summed E-state index contributed by atoms with van der Waals surface area (Å²) in [7, 11) is 0. The summed E-state index contributed by atoms with van der Waals surface area (Å²) < 4.78 is 2.32. The minimum atomic E-state index is 1.05. The van der Waals surface area contributed by atoms with E-state index in [2.05, 4.69) is 48.2 Å². The molecule has 0 saturated heterocycles. The second-order valence-corrected chi connectivity index (χ2v) is 4.26. The molecule has 1 heterocycles. The van der Waals surface area contributed by atoms with Gasteiger partial charge in [0.2, 0.25) is 0 Å². The predicted molar refractivity (Wildman–Crippen MR) is 64.8 cm³/mol. The van der Waals surface area contributed by atoms with Gasteiger partial charge in [0.05, 0.1) is 0 Å². The minimum absolute atomic E-state index is 1.05. The number of hydrogen-bond donors (Lipinski definition) is 0. The highest BCUT2D eigenvalue weighted by Crippen LogP contribution is 2.23. The van der Waals surface area contributed by atoms with Crippen LogP contribution < -0.4 is 0 Å². The second-order valence-electron chi connectivity index (χ2n) is 3.39. The third-order valence-electron chi connectivity index (χ3n) is 2.51. The van der Waals surface area contributed by atoms with Crippen molar-refractivity contribution in [3.63, 3.8) is 0 Å². The maximum atomic E-state index is 2.32. The van der Waals surface area contributed by atoms with Gasteiger partial charge in [0, 0.05) is 29.4 Å². The Morgan fingerprint density at radius 1 is 1.29 bits per heavy atom. The van der Waals surface area contributed by atoms with Gasteiger partial charge in [-0.3, -0.25) is 0 Å². The lowest BCUT2D eigenvalue weighted by molar-refractivity contribution is 0.795. The first-order valence-corrected chi connectivity index (χ1v) is 6.32. The van der Waals surface area contributed by atoms with Crippen molar-refractivity contribution in [2.24, 2.45) is 0 Å². The number of nitrogens with zero attached hydrogens (tertiary/aromatic N) is 1. The summed E-state index contributed by atoms with van der Waals surface area (Å²) in [6.45, 7) is 3.24. The summed E-state index contributed by atoms with van der Waals surface area (Å²) in [5.74, 6) is 1.10. The van der Waals surface area contributed by atoms with Crippen LogP contribution in [0.1, 0.15) is 12.5 Å². The molecule has 14 heavy (non-hydrogen) atoms. The summed E-state index contributed by atoms with van der Waals surface area (Å²) in [5.41, 5.74) is 2.81. The molecule has 0 radical (unpaired) electrons. The zero-order valence-electron chi connectivity index (χ0n) is 8.66. The van der Waals surface area contributed by atoms with Crippen LogP contribution in [0.2, 0.25) is 0 Å². The minimum Gasteiger partial charge on any atom is -0.347 e. The van der Waals surface area contributed by atoms with Crippen molar-refractivity contribution < 1.29 is 0 Å². The average Bonchev–Trinajstić information content (AvgIpc) is 2.58. The van der Waals surface area contributed by atoms with E-state index < -0.39 is 0 Å². The van der Waals surface area contributed by atoms with Crippen molar-refractivity contribution in [3.05, 3.63) is 36.0 Å². The fourth-order valence-corrected chi connectivity index (χ4v) is 2.40. The van der Waals surface area contributed by atoms with Crippen molar-refractivity contribution in [2.75, 3.05) is 6.26 Å². The molecule has 74 valence electrons. The highest BCUT2D eigenvalue weighted by atomic mass is 32.2. The van der Waals surface area contributed by atoms with E-state index in [1.165, 1.54) is 16.5 Å². The molecule has 1 aromatic carbocycles. The lowest BCUT2D eigenvalue weighted by Crippen LogP contribution is -1.89. The van der Waals surface area contributed by atoms with E-state index in [-0.39, 0.29) is 0 Å². The summed E-state index contributed by atoms with van der Waals surface area (Å²) in [6.07, 6.45) is 4.43. The molecule has 0 fully saturated rings. The summed E-state index contributed by atoms with van der Waals surface area (Å²) in [6, 6.07) is 8.64. The standard InChI is InChI=1S/C12H15NS/c1-3-13-8-10(9-14-2)11-6-4-5-7-12(11)13/h4-8H,3,9H2,1-2H3. The smallest absolute Gasteiger partial charge is 0.0483 e. The second kappa shape index (κ2) is 4.09. The molecule has 0 aliphatic heterocycles. The van der Waals surface area contributed by atoms with Gasteiger partial charge in [0.25, 0.3) is 0 Å². The van der Waals surface area contributed by atoms with Gasteiger partial charge >= 0.3 is 0 Å². The van der Waals surface area contributed by atoms with Gasteiger partial charge in [-0.05, 0) is 24.8 Å². The van der Waals surface area contributed by atoms with E-state index in [1.807, 2.05) is 11.8 Å². The first-order valence-electron chi connectivity index (χ1n) is 4.92. The van der Waals surface area contributed by atoms with Crippen LogP contribution in [0.4, 0.5) is 0 Å². The molecule has 2 rings (SSSR count). The number of fused-ring (bicyclic) bond motifs is 1. The predicted octanol–water partition coefficient (Wildman–Crippen LogP) is 3.52. The molecule has 0 atom stereocenters. The van der Waals surface area contributed by atoms with Crippen molar-refractivity contribution in [2.45, 2.75) is 19.2 Å². The first kappa shape index (κ1) is 9.66. The summed E-state index contributed by atoms with van der Waals surface area (Å²) >= 11 is 1.88. The fraction of sp³-hybridized carbons (Fsp3) is 0.333. The van der Waals surface area contributed by atoms with Gasteiger partial charge in [0.15, 0.2) is 0 Å². The number of thioether (sulfide) groups is 1. The molecule has 0 aliphatic carbocycles. The molecule has 0 spiro atoms. The van der Waals surface area contributed by atoms with E-state index in [9.17, 15) is 0 Å². The molecule has 0 bridgehead atoms. The Labute approximate surface area is 89.1 Å². The first-order chi connectivity index (χ1) is 6.86. The zero-order valence-corrected chi connectivity index (χ0v) is 9.47. The fourth-order valence-electron chi connectivity index (χ4n) is 1.85. The molecular formula is C12H15NS. The summed E-state index contributed by atoms with van der Waals surface area (Å²) in [4.78, 5) is 0. The Bertz CT molecular complexity index is 431. The molecule has 2 aromatic rings. The van der Waals surface area contributed by atoms with Crippen LogP contribution in [0.25, 0.3) is 10.9 Å². The largest absolute Gasteiger partial charge is 0.347 e. The van der Waals surface area contributed by atoms with Gasteiger partial charge in [-0.25, -0.2) is 0 Å². The van der Waals surface area contributed by atoms with Crippen LogP contribution in [-0.4, -0.2) is 10.8 Å². The third kappa shape index (κ3) is 1.55. The van der Waals surface area contributed by atoms with Crippen LogP contribution >= 0.6 is 11.8 Å². The topological polar surface area (TPSA) is 4.93 Å². The van der Waals surface area contributed by atoms with Crippen molar-refractivity contribution in [1.82, 2.24) is 4.57 Å². The van der Waals surface area contributed by atoms with Crippen molar-refractivity contribution in [1.29, 1.82) is 0 Å². The van der Waals surface area contributed by atoms with Crippen molar-refractivity contribution >= 4 is 22.7 Å². The monoisotopic (exact) mass is 205 g/mol. The van der Waals surface area contributed by atoms with Crippen LogP contribution in [0.3, 0.4) is 0 Å². The Balaban J connectivity index is 2.61. The van der Waals surface area contributed by atoms with Gasteiger partial charge in [-0.15, -0.1) is 0 Å². The Morgan fingerprint density at radius 3 is 2.79 bits per heavy atom. The number of rotatable bonds is 3. The molecule has 1 nitrogen and oxygen atoms in total. The molecule has 0 unspecified atom stereocenters. The molecule has 0 aliphatic rings. The Morgan fingerprint density at radius 2 is 2.07 bits per heavy atom. The van der Waals surface area contributed by atoms with Crippen molar-refractivity contribution in [3.8, 4) is 0 Å². The molecule has 0 N–H and O–H groups in total. The molecule has 1 aromatic heterocycles. The average molecular weight is 205 g/mol. The Hall–Kier alpha value is -0.890. The number of aromatic nitrogens is 1. The molecular weight excluding hydrogens is 190 g/mol. The lowest BCUT2D eigenvalue weighted by atomic mass is 10.2. The number of para-hydroxylation sites is 1. The number of benzene rings is 1. The molecule has 0 saturated carbocycles. The summed E-state index contributed by atoms with van der Waals surface area (Å²) in [5, 5.41) is 1.41. The SMILES string of the molecule is CCn1cc(CSC)c2ccccc21. The molecule has 2 heteroatoms. The number of hydrogen-bond acceptors (Lipinski definition) is 1. The van der Waals surface area contributed by atoms with Gasteiger partial charge in [-0.1, -0.05) is 18.2 Å². The van der Waals surface area contributed by atoms with Crippen LogP contribution in [0.15, 0.2) is 30.5 Å². The van der Waals surface area contributed by atoms with E-state index in [0.29, 0.717) is 0 Å². The van der Waals surface area contributed by atoms with Gasteiger partial charge in [-0.2, -0.15) is 11.8 Å². The maximum absolute atomic E-state index is 2.32. The number of aryl methyl sites for hydroxylation is 1. The van der Waals surface area contributed by atoms with E-state index in [0.717, 1.165) is 12.3 Å². The van der Waals surface area contributed by atoms with E-state index in [1.54, 1.807) is 0 Å². The highest BCUT2D eigenvalue weighted by molar-refractivity contribution is 7.97. The van der Waals surface area contributed by atoms with Crippen LogP contribution in [0.5, 0.6) is 0 Å². The van der Waals surface area contributed by atoms with E-state index in [4.69, 9.17) is 0 Å². The third-order valence-corrected chi connectivity index (χ3v) is 3.11. The van der Waals surface area contributed by atoms with Gasteiger partial charge < -0.3 is 4.57 Å². The quantitative estimate of drug-likeness (QED) is 0.742. The lowest BCUT2D eigenvalue weighted by Gasteiger charge is -1.98. The van der Waals surface area contributed by atoms with Crippen LogP contribution in [0, 0.1) is 0 Å². The normalized spacial score (nSPS) is 11.0. The maximum Gasteiger partial charge on any atom is 0.0483 e. The zero-order chi connectivity index (χ0) is 9.97. The van der Waals surface area contributed by atoms with Gasteiger partial charge in [0.1, 0.15) is 0 Å².